The summed E-state index contributed by atoms with van der Waals surface area (Å²) in [7, 11) is 0. The van der Waals surface area contributed by atoms with Crippen LogP contribution in [-0.4, -0.2) is 23.4 Å². The van der Waals surface area contributed by atoms with Gasteiger partial charge in [0.2, 0.25) is 0 Å². The molecule has 1 fully saturated rings. The lowest BCUT2D eigenvalue weighted by atomic mass is 10.1. The third kappa shape index (κ3) is 4.26. The van der Waals surface area contributed by atoms with Crippen molar-refractivity contribution in [1.82, 2.24) is 0 Å². The van der Waals surface area contributed by atoms with Crippen molar-refractivity contribution in [2.45, 2.75) is 6.92 Å². The zero-order valence-corrected chi connectivity index (χ0v) is 16.8. The molecule has 2 aromatic carbocycles. The molecule has 0 radical (unpaired) electrons. The van der Waals surface area contributed by atoms with E-state index in [1.165, 1.54) is 17.0 Å². The Labute approximate surface area is 172 Å². The van der Waals surface area contributed by atoms with Gasteiger partial charge in [0.25, 0.3) is 5.91 Å². The van der Waals surface area contributed by atoms with E-state index in [-0.39, 0.29) is 15.9 Å². The Bertz CT molecular complexity index is 958. The average molecular weight is 416 g/mol. The van der Waals surface area contributed by atoms with Crippen molar-refractivity contribution >= 4 is 46.0 Å². The predicted octanol–water partition coefficient (Wildman–Crippen LogP) is 5.20. The minimum Gasteiger partial charge on any atom is -0.490 e. The number of benzene rings is 2. The van der Waals surface area contributed by atoms with Gasteiger partial charge < -0.3 is 9.47 Å². The minimum absolute atomic E-state index is 0.150. The molecule has 1 aliphatic rings. The molecule has 0 saturated carbocycles. The Morgan fingerprint density at radius 3 is 2.71 bits per heavy atom. The van der Waals surface area contributed by atoms with Crippen LogP contribution in [0.4, 0.5) is 10.1 Å². The van der Waals surface area contributed by atoms with E-state index in [0.717, 1.165) is 17.3 Å². The molecular weight excluding hydrogens is 397 g/mol. The molecule has 2 aromatic rings. The van der Waals surface area contributed by atoms with E-state index in [1.54, 1.807) is 36.4 Å². The molecule has 28 heavy (non-hydrogen) atoms. The number of hydrogen-bond acceptors (Lipinski definition) is 5. The van der Waals surface area contributed by atoms with Crippen LogP contribution in [0.2, 0.25) is 0 Å². The van der Waals surface area contributed by atoms with E-state index in [0.29, 0.717) is 29.6 Å². The van der Waals surface area contributed by atoms with Crippen LogP contribution in [0.5, 0.6) is 11.5 Å². The lowest BCUT2D eigenvalue weighted by molar-refractivity contribution is -0.113. The number of amides is 1. The molecule has 4 nitrogen and oxygen atoms in total. The summed E-state index contributed by atoms with van der Waals surface area (Å²) in [6.45, 7) is 6.35. The van der Waals surface area contributed by atoms with Crippen molar-refractivity contribution in [3.63, 3.8) is 0 Å². The first-order valence-corrected chi connectivity index (χ1v) is 9.80. The van der Waals surface area contributed by atoms with Crippen LogP contribution in [0.1, 0.15) is 12.5 Å². The van der Waals surface area contributed by atoms with E-state index in [2.05, 4.69) is 6.58 Å². The van der Waals surface area contributed by atoms with Crippen molar-refractivity contribution in [3.8, 4) is 11.5 Å². The molecule has 0 spiro atoms. The molecule has 0 aromatic heterocycles. The van der Waals surface area contributed by atoms with E-state index < -0.39 is 5.82 Å². The maximum atomic E-state index is 14.1. The quantitative estimate of drug-likeness (QED) is 0.353. The second-order valence-electron chi connectivity index (χ2n) is 5.71. The standard InChI is InChI=1S/C21H18FNO3S2/c1-3-11-26-17-10-9-14(12-18(17)25-4-2)13-19-20(24)23(21(27)28-19)16-8-6-5-7-15(16)22/h3,5-10,12-13H,1,4,11H2,2H3/b19-13-. The SMILES string of the molecule is C=CCOc1ccc(/C=C2\SC(=S)N(c3ccccc3F)C2=O)cc1OCC. The second kappa shape index (κ2) is 9.03. The first kappa shape index (κ1) is 20.1. The molecule has 0 unspecified atom stereocenters. The van der Waals surface area contributed by atoms with Gasteiger partial charge in [-0.3, -0.25) is 9.69 Å². The number of thioether (sulfide) groups is 1. The number of halogens is 1. The lowest BCUT2D eigenvalue weighted by Crippen LogP contribution is -2.28. The topological polar surface area (TPSA) is 38.8 Å². The Morgan fingerprint density at radius 1 is 1.21 bits per heavy atom. The van der Waals surface area contributed by atoms with Gasteiger partial charge in [-0.25, -0.2) is 4.39 Å². The lowest BCUT2D eigenvalue weighted by Gasteiger charge is -2.15. The number of carbonyl (C=O) groups excluding carboxylic acids is 1. The van der Waals surface area contributed by atoms with Gasteiger partial charge in [0.1, 0.15) is 12.4 Å². The number of ether oxygens (including phenoxy) is 2. The summed E-state index contributed by atoms with van der Waals surface area (Å²) in [6.07, 6.45) is 3.36. The number of thiocarbonyl (C=S) groups is 1. The number of hydrogen-bond donors (Lipinski definition) is 0. The van der Waals surface area contributed by atoms with Crippen LogP contribution in [0.25, 0.3) is 6.08 Å². The minimum atomic E-state index is -0.498. The number of nitrogens with zero attached hydrogens (tertiary/aromatic N) is 1. The smallest absolute Gasteiger partial charge is 0.270 e. The van der Waals surface area contributed by atoms with Crippen LogP contribution in [0.15, 0.2) is 60.0 Å². The Hall–Kier alpha value is -2.64. The van der Waals surface area contributed by atoms with E-state index in [1.807, 2.05) is 13.0 Å². The average Bonchev–Trinajstić information content (AvgIpc) is 2.95. The number of carbonyl (C=O) groups is 1. The summed E-state index contributed by atoms with van der Waals surface area (Å²) in [5, 5.41) is 0. The predicted molar refractivity (Wildman–Crippen MR) is 115 cm³/mol. The van der Waals surface area contributed by atoms with Gasteiger partial charge in [0.15, 0.2) is 15.8 Å². The van der Waals surface area contributed by atoms with E-state index in [4.69, 9.17) is 21.7 Å². The molecule has 0 atom stereocenters. The molecule has 1 aliphatic heterocycles. The summed E-state index contributed by atoms with van der Waals surface area (Å²) >= 11 is 6.43. The highest BCUT2D eigenvalue weighted by Gasteiger charge is 2.34. The first-order chi connectivity index (χ1) is 13.5. The van der Waals surface area contributed by atoms with Gasteiger partial charge >= 0.3 is 0 Å². The molecule has 0 N–H and O–H groups in total. The van der Waals surface area contributed by atoms with Crippen molar-refractivity contribution in [2.24, 2.45) is 0 Å². The largest absolute Gasteiger partial charge is 0.490 e. The maximum Gasteiger partial charge on any atom is 0.270 e. The second-order valence-corrected chi connectivity index (χ2v) is 7.38. The van der Waals surface area contributed by atoms with Crippen LogP contribution >= 0.6 is 24.0 Å². The molecule has 3 rings (SSSR count). The van der Waals surface area contributed by atoms with Crippen molar-refractivity contribution in [3.05, 3.63) is 71.4 Å². The van der Waals surface area contributed by atoms with Gasteiger partial charge in [-0.15, -0.1) is 0 Å². The fraction of sp³-hybridized carbons (Fsp3) is 0.143. The van der Waals surface area contributed by atoms with E-state index >= 15 is 0 Å². The Balaban J connectivity index is 1.90. The summed E-state index contributed by atoms with van der Waals surface area (Å²) in [5.74, 6) is 0.313. The Morgan fingerprint density at radius 2 is 2.00 bits per heavy atom. The van der Waals surface area contributed by atoms with Gasteiger partial charge in [-0.1, -0.05) is 54.8 Å². The van der Waals surface area contributed by atoms with Crippen molar-refractivity contribution in [1.29, 1.82) is 0 Å². The molecule has 1 saturated heterocycles. The van der Waals surface area contributed by atoms with Gasteiger partial charge in [0, 0.05) is 0 Å². The zero-order chi connectivity index (χ0) is 20.1. The molecule has 0 bridgehead atoms. The fourth-order valence-corrected chi connectivity index (χ4v) is 3.90. The highest BCUT2D eigenvalue weighted by atomic mass is 32.2. The summed E-state index contributed by atoms with van der Waals surface area (Å²) in [5.41, 5.74) is 0.903. The summed E-state index contributed by atoms with van der Waals surface area (Å²) in [4.78, 5) is 14.4. The van der Waals surface area contributed by atoms with Gasteiger partial charge in [-0.05, 0) is 42.8 Å². The third-order valence-electron chi connectivity index (χ3n) is 3.81. The van der Waals surface area contributed by atoms with Crippen LogP contribution in [0, 0.1) is 5.82 Å². The number of para-hydroxylation sites is 1. The summed E-state index contributed by atoms with van der Waals surface area (Å²) < 4.78 is 25.6. The van der Waals surface area contributed by atoms with Gasteiger partial charge in [-0.2, -0.15) is 0 Å². The highest BCUT2D eigenvalue weighted by Crippen LogP contribution is 2.38. The molecule has 7 heteroatoms. The molecule has 0 aliphatic carbocycles. The third-order valence-corrected chi connectivity index (χ3v) is 5.11. The first-order valence-electron chi connectivity index (χ1n) is 8.58. The zero-order valence-electron chi connectivity index (χ0n) is 15.2. The summed E-state index contributed by atoms with van der Waals surface area (Å²) in [6, 6.07) is 11.4. The van der Waals surface area contributed by atoms with E-state index in [9.17, 15) is 9.18 Å². The molecule has 1 heterocycles. The van der Waals surface area contributed by atoms with Crippen LogP contribution in [0.3, 0.4) is 0 Å². The maximum absolute atomic E-state index is 14.1. The van der Waals surface area contributed by atoms with Crippen molar-refractivity contribution in [2.75, 3.05) is 18.1 Å². The monoisotopic (exact) mass is 415 g/mol. The highest BCUT2D eigenvalue weighted by molar-refractivity contribution is 8.27. The fourth-order valence-electron chi connectivity index (χ4n) is 2.61. The number of rotatable bonds is 7. The van der Waals surface area contributed by atoms with Crippen LogP contribution < -0.4 is 14.4 Å². The van der Waals surface area contributed by atoms with Gasteiger partial charge in [0.05, 0.1) is 17.2 Å². The molecule has 144 valence electrons. The number of anilines is 1. The molecule has 1 amide bonds. The Kier molecular flexibility index (Phi) is 6.49. The normalized spacial score (nSPS) is 15.2. The van der Waals surface area contributed by atoms with Crippen LogP contribution in [-0.2, 0) is 4.79 Å². The molecular formula is C21H18FNO3S2. The van der Waals surface area contributed by atoms with Crippen molar-refractivity contribution < 1.29 is 18.7 Å².